The molecule has 0 amide bonds. The van der Waals surface area contributed by atoms with Crippen LogP contribution in [-0.2, 0) is 0 Å². The lowest BCUT2D eigenvalue weighted by atomic mass is 10.3. The zero-order valence-corrected chi connectivity index (χ0v) is 13.5. The van der Waals surface area contributed by atoms with E-state index < -0.39 is 8.07 Å². The lowest BCUT2D eigenvalue weighted by Crippen LogP contribution is -2.58. The van der Waals surface area contributed by atoms with Gasteiger partial charge in [-0.1, -0.05) is 91.0 Å². The molecule has 2 aromatic carbocycles. The Morgan fingerprint density at radius 3 is 1.70 bits per heavy atom. The van der Waals surface area contributed by atoms with Gasteiger partial charge in [0.05, 0.1) is 0 Å². The maximum absolute atomic E-state index is 4.04. The second-order valence-corrected chi connectivity index (χ2v) is 10.0. The van der Waals surface area contributed by atoms with Crippen LogP contribution >= 0.6 is 0 Å². The van der Waals surface area contributed by atoms with Crippen molar-refractivity contribution >= 4 is 18.4 Å². The maximum atomic E-state index is 4.04. The molecule has 20 heavy (non-hydrogen) atoms. The Labute approximate surface area is 124 Å². The van der Waals surface area contributed by atoms with Gasteiger partial charge in [0, 0.05) is 0 Å². The summed E-state index contributed by atoms with van der Waals surface area (Å²) in [6.07, 6.45) is 2.12. The zero-order chi connectivity index (χ0) is 14.4. The van der Waals surface area contributed by atoms with Crippen molar-refractivity contribution in [1.82, 2.24) is 0 Å². The molecule has 0 aliphatic carbocycles. The van der Waals surface area contributed by atoms with Gasteiger partial charge in [-0.2, -0.15) is 0 Å². The van der Waals surface area contributed by atoms with Gasteiger partial charge < -0.3 is 0 Å². The van der Waals surface area contributed by atoms with Gasteiger partial charge in [0.25, 0.3) is 0 Å². The molecular formula is C19H24Si. The van der Waals surface area contributed by atoms with Crippen molar-refractivity contribution in [2.45, 2.75) is 25.9 Å². The fraction of sp³-hybridized carbons (Fsp3) is 0.263. The summed E-state index contributed by atoms with van der Waals surface area (Å²) in [5.74, 6) is 0.696. The van der Waals surface area contributed by atoms with Crippen LogP contribution in [0.2, 0.25) is 12.1 Å². The molecule has 0 atom stereocenters. The summed E-state index contributed by atoms with van der Waals surface area (Å²) in [6, 6.07) is 24.5. The number of hydrogen-bond acceptors (Lipinski definition) is 0. The van der Waals surface area contributed by atoms with Crippen LogP contribution in [-0.4, -0.2) is 8.07 Å². The highest BCUT2D eigenvalue weighted by molar-refractivity contribution is 7.02. The Kier molecular flexibility index (Phi) is 4.97. The fourth-order valence-corrected chi connectivity index (χ4v) is 8.17. The van der Waals surface area contributed by atoms with Crippen molar-refractivity contribution < 1.29 is 0 Å². The van der Waals surface area contributed by atoms with E-state index in [9.17, 15) is 0 Å². The van der Waals surface area contributed by atoms with Crippen molar-refractivity contribution in [3.63, 3.8) is 0 Å². The Hall–Kier alpha value is -1.60. The molecule has 1 heteroatoms. The molecule has 0 bridgehead atoms. The molecule has 0 aliphatic rings. The minimum Gasteiger partial charge on any atom is -0.103 e. The van der Waals surface area contributed by atoms with Gasteiger partial charge in [-0.3, -0.25) is 0 Å². The van der Waals surface area contributed by atoms with E-state index in [2.05, 4.69) is 87.2 Å². The monoisotopic (exact) mass is 280 g/mol. The molecule has 0 spiro atoms. The average Bonchev–Trinajstić information content (AvgIpc) is 2.48. The number of benzene rings is 2. The standard InChI is InChI=1S/C19H24Si/c1-4-15-20(16-17(2)3,18-11-7-5-8-12-18)19-13-9-6-10-14-19/h4-14,17H,1,15-16H2,2-3H3. The van der Waals surface area contributed by atoms with E-state index in [-0.39, 0.29) is 0 Å². The topological polar surface area (TPSA) is 0 Å². The van der Waals surface area contributed by atoms with Crippen molar-refractivity contribution in [3.05, 3.63) is 73.3 Å². The van der Waals surface area contributed by atoms with E-state index in [1.54, 1.807) is 0 Å². The lowest BCUT2D eigenvalue weighted by molar-refractivity contribution is 0.723. The van der Waals surface area contributed by atoms with Gasteiger partial charge in [0.1, 0.15) is 8.07 Å². The minimum atomic E-state index is -1.73. The Balaban J connectivity index is 2.59. The van der Waals surface area contributed by atoms with E-state index in [1.807, 2.05) is 0 Å². The third-order valence-electron chi connectivity index (χ3n) is 3.90. The molecule has 0 heterocycles. The van der Waals surface area contributed by atoms with Crippen LogP contribution < -0.4 is 10.4 Å². The van der Waals surface area contributed by atoms with E-state index >= 15 is 0 Å². The number of hydrogen-bond donors (Lipinski definition) is 0. The molecule has 0 saturated carbocycles. The second-order valence-electron chi connectivity index (χ2n) is 5.90. The summed E-state index contributed by atoms with van der Waals surface area (Å²) >= 11 is 0. The van der Waals surface area contributed by atoms with E-state index in [1.165, 1.54) is 16.4 Å². The van der Waals surface area contributed by atoms with Crippen molar-refractivity contribution in [3.8, 4) is 0 Å². The molecule has 0 unspecified atom stereocenters. The number of allylic oxidation sites excluding steroid dienone is 1. The van der Waals surface area contributed by atoms with E-state index in [4.69, 9.17) is 0 Å². The largest absolute Gasteiger partial charge is 0.122 e. The maximum Gasteiger partial charge on any atom is 0.122 e. The summed E-state index contributed by atoms with van der Waals surface area (Å²) in [7, 11) is -1.73. The third kappa shape index (κ3) is 3.10. The van der Waals surface area contributed by atoms with Gasteiger partial charge in [-0.05, 0) is 18.0 Å². The van der Waals surface area contributed by atoms with Crippen LogP contribution in [0.5, 0.6) is 0 Å². The normalized spacial score (nSPS) is 11.6. The summed E-state index contributed by atoms with van der Waals surface area (Å²) in [4.78, 5) is 0. The van der Waals surface area contributed by atoms with Gasteiger partial charge >= 0.3 is 0 Å². The SMILES string of the molecule is C=CC[Si](CC(C)C)(c1ccccc1)c1ccccc1. The quantitative estimate of drug-likeness (QED) is 0.552. The zero-order valence-electron chi connectivity index (χ0n) is 12.5. The van der Waals surface area contributed by atoms with Crippen LogP contribution in [0.4, 0.5) is 0 Å². The third-order valence-corrected chi connectivity index (χ3v) is 9.28. The first-order valence-electron chi connectivity index (χ1n) is 7.41. The Morgan fingerprint density at radius 1 is 0.900 bits per heavy atom. The summed E-state index contributed by atoms with van der Waals surface area (Å²) in [5.41, 5.74) is 0. The molecule has 2 rings (SSSR count). The predicted octanol–water partition coefficient (Wildman–Crippen LogP) is 4.09. The minimum absolute atomic E-state index is 0.696. The van der Waals surface area contributed by atoms with Crippen LogP contribution in [0, 0.1) is 5.92 Å². The second kappa shape index (κ2) is 6.71. The average molecular weight is 280 g/mol. The van der Waals surface area contributed by atoms with Crippen LogP contribution in [0.15, 0.2) is 73.3 Å². The van der Waals surface area contributed by atoms with Crippen LogP contribution in [0.1, 0.15) is 13.8 Å². The molecule has 0 nitrogen and oxygen atoms in total. The summed E-state index contributed by atoms with van der Waals surface area (Å²) in [6.45, 7) is 8.70. The molecule has 0 aromatic heterocycles. The first kappa shape index (κ1) is 14.8. The van der Waals surface area contributed by atoms with Crippen LogP contribution in [0.3, 0.4) is 0 Å². The van der Waals surface area contributed by atoms with Gasteiger partial charge in [0.2, 0.25) is 0 Å². The first-order valence-corrected chi connectivity index (χ1v) is 9.82. The highest BCUT2D eigenvalue weighted by atomic mass is 28.3. The molecule has 2 aromatic rings. The van der Waals surface area contributed by atoms with E-state index in [0.29, 0.717) is 5.92 Å². The lowest BCUT2D eigenvalue weighted by Gasteiger charge is -2.33. The Morgan fingerprint density at radius 2 is 1.35 bits per heavy atom. The molecular weight excluding hydrogens is 256 g/mol. The van der Waals surface area contributed by atoms with Crippen LogP contribution in [0.25, 0.3) is 0 Å². The van der Waals surface area contributed by atoms with Gasteiger partial charge in [0.15, 0.2) is 0 Å². The molecule has 0 N–H and O–H groups in total. The smallest absolute Gasteiger partial charge is 0.103 e. The highest BCUT2D eigenvalue weighted by Crippen LogP contribution is 2.22. The van der Waals surface area contributed by atoms with Gasteiger partial charge in [-0.15, -0.1) is 6.58 Å². The predicted molar refractivity (Wildman–Crippen MR) is 92.6 cm³/mol. The first-order chi connectivity index (χ1) is 9.69. The summed E-state index contributed by atoms with van der Waals surface area (Å²) in [5, 5.41) is 3.06. The van der Waals surface area contributed by atoms with Crippen molar-refractivity contribution in [2.24, 2.45) is 5.92 Å². The molecule has 0 aliphatic heterocycles. The molecule has 0 radical (unpaired) electrons. The number of rotatable bonds is 6. The van der Waals surface area contributed by atoms with Gasteiger partial charge in [-0.25, -0.2) is 0 Å². The molecule has 0 fully saturated rings. The summed E-state index contributed by atoms with van der Waals surface area (Å²) < 4.78 is 0. The molecule has 0 saturated heterocycles. The Bertz CT molecular complexity index is 489. The molecule has 104 valence electrons. The fourth-order valence-electron chi connectivity index (χ4n) is 3.18. The van der Waals surface area contributed by atoms with E-state index in [0.717, 1.165) is 6.04 Å². The van der Waals surface area contributed by atoms with Crippen molar-refractivity contribution in [2.75, 3.05) is 0 Å². The highest BCUT2D eigenvalue weighted by Gasteiger charge is 2.36. The van der Waals surface area contributed by atoms with Crippen molar-refractivity contribution in [1.29, 1.82) is 0 Å².